The summed E-state index contributed by atoms with van der Waals surface area (Å²) >= 11 is 0. The van der Waals surface area contributed by atoms with E-state index in [-0.39, 0.29) is 18.7 Å². The second-order valence-corrected chi connectivity index (χ2v) is 9.03. The number of halogens is 1. The third-order valence-electron chi connectivity index (χ3n) is 6.89. The number of hydrogen-bond donors (Lipinski definition) is 1. The van der Waals surface area contributed by atoms with Gasteiger partial charge < -0.3 is 9.84 Å². The molecular weight excluding hydrogens is 401 g/mol. The minimum Gasteiger partial charge on any atom is -0.508 e. The number of alkyl halides is 1. The van der Waals surface area contributed by atoms with E-state index in [2.05, 4.69) is 65.6 Å². The van der Waals surface area contributed by atoms with E-state index in [1.807, 2.05) is 12.1 Å². The highest BCUT2D eigenvalue weighted by Gasteiger charge is 2.32. The summed E-state index contributed by atoms with van der Waals surface area (Å²) in [6.07, 6.45) is 2.82. The summed E-state index contributed by atoms with van der Waals surface area (Å²) in [4.78, 5) is 2.23. The molecule has 0 spiro atoms. The largest absolute Gasteiger partial charge is 0.508 e. The summed E-state index contributed by atoms with van der Waals surface area (Å²) in [6.45, 7) is 2.30. The second kappa shape index (κ2) is 9.33. The van der Waals surface area contributed by atoms with E-state index in [1.165, 1.54) is 22.3 Å². The molecule has 3 aromatic carbocycles. The maximum atomic E-state index is 12.3. The van der Waals surface area contributed by atoms with E-state index in [9.17, 15) is 9.50 Å². The van der Waals surface area contributed by atoms with Crippen LogP contribution in [0.2, 0.25) is 0 Å². The van der Waals surface area contributed by atoms with Crippen molar-refractivity contribution in [2.45, 2.75) is 37.2 Å². The molecule has 1 heterocycles. The van der Waals surface area contributed by atoms with Crippen molar-refractivity contribution in [2.75, 3.05) is 26.3 Å². The predicted molar refractivity (Wildman–Crippen MR) is 125 cm³/mol. The van der Waals surface area contributed by atoms with Gasteiger partial charge in [-0.25, -0.2) is 0 Å². The van der Waals surface area contributed by atoms with Gasteiger partial charge in [0.25, 0.3) is 0 Å². The topological polar surface area (TPSA) is 32.7 Å². The van der Waals surface area contributed by atoms with Crippen molar-refractivity contribution < 1.29 is 14.2 Å². The Balaban J connectivity index is 1.36. The monoisotopic (exact) mass is 431 g/mol. The molecule has 0 aromatic heterocycles. The number of aromatic hydroxyl groups is 1. The van der Waals surface area contributed by atoms with Crippen LogP contribution >= 0.6 is 0 Å². The Hall–Kier alpha value is -2.85. The SMILES string of the molecule is Oc1ccc2c(c1)CC[C@@H](c1ccccc1)[C@H]2c1ccc(OC2CN(CCCF)C2)cc1. The highest BCUT2D eigenvalue weighted by molar-refractivity contribution is 5.48. The molecule has 2 aliphatic rings. The molecule has 3 nitrogen and oxygen atoms in total. The first kappa shape index (κ1) is 21.0. The van der Waals surface area contributed by atoms with Crippen molar-refractivity contribution in [3.8, 4) is 11.5 Å². The standard InChI is InChI=1S/C28H30FNO2/c29-15-4-16-30-18-25(19-30)32-24-11-7-21(8-12-24)28-26(20-5-2-1-3-6-20)13-9-22-17-23(31)10-14-27(22)28/h1-3,5-8,10-12,14,17,25-26,28,31H,4,9,13,15-16,18-19H2/t26-,28+/m0/s1. The van der Waals surface area contributed by atoms with Gasteiger partial charge >= 0.3 is 0 Å². The lowest BCUT2D eigenvalue weighted by Gasteiger charge is -2.39. The maximum Gasteiger partial charge on any atom is 0.124 e. The normalized spacial score (nSPS) is 21.0. The maximum absolute atomic E-state index is 12.3. The van der Waals surface area contributed by atoms with Crippen LogP contribution in [-0.2, 0) is 6.42 Å². The molecule has 0 bridgehead atoms. The van der Waals surface area contributed by atoms with Crippen molar-refractivity contribution >= 4 is 0 Å². The third kappa shape index (κ3) is 4.37. The molecule has 0 radical (unpaired) electrons. The van der Waals surface area contributed by atoms with E-state index in [0.717, 1.165) is 38.2 Å². The molecule has 0 amide bonds. The van der Waals surface area contributed by atoms with Gasteiger partial charge in [0.1, 0.15) is 17.6 Å². The summed E-state index contributed by atoms with van der Waals surface area (Å²) in [5.41, 5.74) is 5.18. The van der Waals surface area contributed by atoms with Crippen LogP contribution in [0, 0.1) is 0 Å². The van der Waals surface area contributed by atoms with E-state index in [4.69, 9.17) is 4.74 Å². The molecule has 0 unspecified atom stereocenters. The fourth-order valence-electron chi connectivity index (χ4n) is 5.29. The summed E-state index contributed by atoms with van der Waals surface area (Å²) in [7, 11) is 0. The Morgan fingerprint density at radius 2 is 1.72 bits per heavy atom. The number of likely N-dealkylation sites (tertiary alicyclic amines) is 1. The van der Waals surface area contributed by atoms with Gasteiger partial charge in [-0.15, -0.1) is 0 Å². The highest BCUT2D eigenvalue weighted by atomic mass is 19.1. The molecule has 1 saturated heterocycles. The van der Waals surface area contributed by atoms with Crippen LogP contribution in [0.1, 0.15) is 46.9 Å². The van der Waals surface area contributed by atoms with Crippen molar-refractivity contribution in [2.24, 2.45) is 0 Å². The molecule has 166 valence electrons. The van der Waals surface area contributed by atoms with Crippen molar-refractivity contribution in [1.29, 1.82) is 0 Å². The highest BCUT2D eigenvalue weighted by Crippen LogP contribution is 2.47. The van der Waals surface area contributed by atoms with Crippen molar-refractivity contribution in [3.63, 3.8) is 0 Å². The van der Waals surface area contributed by atoms with Gasteiger partial charge in [-0.05, 0) is 71.7 Å². The number of aryl methyl sites for hydroxylation is 1. The fraction of sp³-hybridized carbons (Fsp3) is 0.357. The first-order chi connectivity index (χ1) is 15.7. The number of hydrogen-bond acceptors (Lipinski definition) is 3. The lowest BCUT2D eigenvalue weighted by Crippen LogP contribution is -2.53. The summed E-state index contributed by atoms with van der Waals surface area (Å²) in [5, 5.41) is 10.0. The average molecular weight is 432 g/mol. The molecule has 1 N–H and O–H groups in total. The average Bonchev–Trinajstić information content (AvgIpc) is 2.80. The Morgan fingerprint density at radius 3 is 2.47 bits per heavy atom. The van der Waals surface area contributed by atoms with Gasteiger partial charge in [0, 0.05) is 25.6 Å². The van der Waals surface area contributed by atoms with Gasteiger partial charge in [0.05, 0.1) is 6.67 Å². The van der Waals surface area contributed by atoms with Gasteiger partial charge in [-0.3, -0.25) is 9.29 Å². The van der Waals surface area contributed by atoms with Crippen LogP contribution in [0.15, 0.2) is 72.8 Å². The van der Waals surface area contributed by atoms with Crippen LogP contribution in [0.5, 0.6) is 11.5 Å². The first-order valence-electron chi connectivity index (χ1n) is 11.6. The smallest absolute Gasteiger partial charge is 0.124 e. The number of rotatable bonds is 7. The molecule has 32 heavy (non-hydrogen) atoms. The lowest BCUT2D eigenvalue weighted by atomic mass is 9.69. The predicted octanol–water partition coefficient (Wildman–Crippen LogP) is 5.68. The molecule has 3 aromatic rings. The zero-order chi connectivity index (χ0) is 21.9. The number of fused-ring (bicyclic) bond motifs is 1. The number of ether oxygens (including phenoxy) is 1. The zero-order valence-electron chi connectivity index (χ0n) is 18.3. The van der Waals surface area contributed by atoms with E-state index in [0.29, 0.717) is 18.1 Å². The number of benzene rings is 3. The van der Waals surface area contributed by atoms with Crippen LogP contribution < -0.4 is 4.74 Å². The van der Waals surface area contributed by atoms with Gasteiger partial charge in [-0.2, -0.15) is 0 Å². The summed E-state index contributed by atoms with van der Waals surface area (Å²) in [5.74, 6) is 1.87. The Bertz CT molecular complexity index is 1030. The van der Waals surface area contributed by atoms with Gasteiger partial charge in [-0.1, -0.05) is 48.5 Å². The Labute approximate surface area is 189 Å². The molecule has 1 fully saturated rings. The summed E-state index contributed by atoms with van der Waals surface area (Å²) < 4.78 is 18.5. The molecule has 1 aliphatic carbocycles. The van der Waals surface area contributed by atoms with Gasteiger partial charge in [0.15, 0.2) is 0 Å². The van der Waals surface area contributed by atoms with Crippen LogP contribution in [0.3, 0.4) is 0 Å². The van der Waals surface area contributed by atoms with E-state index < -0.39 is 0 Å². The first-order valence-corrected chi connectivity index (χ1v) is 11.6. The number of phenols is 1. The fourth-order valence-corrected chi connectivity index (χ4v) is 5.29. The van der Waals surface area contributed by atoms with E-state index >= 15 is 0 Å². The van der Waals surface area contributed by atoms with Crippen molar-refractivity contribution in [1.82, 2.24) is 4.90 Å². The van der Waals surface area contributed by atoms with E-state index in [1.54, 1.807) is 0 Å². The third-order valence-corrected chi connectivity index (χ3v) is 6.89. The Kier molecular flexibility index (Phi) is 6.13. The molecule has 4 heteroatoms. The lowest BCUT2D eigenvalue weighted by molar-refractivity contribution is 0.0184. The molecule has 1 aliphatic heterocycles. The minimum atomic E-state index is -0.253. The molecule has 5 rings (SSSR count). The van der Waals surface area contributed by atoms with Crippen LogP contribution in [0.25, 0.3) is 0 Å². The summed E-state index contributed by atoms with van der Waals surface area (Å²) in [6, 6.07) is 25.1. The Morgan fingerprint density at radius 1 is 0.938 bits per heavy atom. The quantitative estimate of drug-likeness (QED) is 0.523. The van der Waals surface area contributed by atoms with Gasteiger partial charge in [0.2, 0.25) is 0 Å². The zero-order valence-corrected chi connectivity index (χ0v) is 18.3. The molecular formula is C28H30FNO2. The number of phenolic OH excluding ortho intramolecular Hbond substituents is 1. The van der Waals surface area contributed by atoms with Crippen LogP contribution in [-0.4, -0.2) is 42.4 Å². The second-order valence-electron chi connectivity index (χ2n) is 9.03. The van der Waals surface area contributed by atoms with Crippen molar-refractivity contribution in [3.05, 3.63) is 95.1 Å². The van der Waals surface area contributed by atoms with Crippen LogP contribution in [0.4, 0.5) is 4.39 Å². The minimum absolute atomic E-state index is 0.191. The number of nitrogens with zero attached hydrogens (tertiary/aromatic N) is 1. The molecule has 2 atom stereocenters. The molecule has 0 saturated carbocycles.